The number of benzene rings is 2. The molecule has 2 aromatic carbocycles. The molecular weight excluding hydrogens is 408 g/mol. The lowest BCUT2D eigenvalue weighted by atomic mass is 9.83. The standard InChI is InChI=1S/C22H17ClN2O5/c1-11(2)9-16-24-17(30-25-16)10-29-22(28)15-8-7-14-18(19(15)23)21(27)13-6-4-3-5-12(13)20(14)26/h3-8,11H,9-10H2,1-2H3. The summed E-state index contributed by atoms with van der Waals surface area (Å²) in [6, 6.07) is 9.30. The largest absolute Gasteiger partial charge is 0.452 e. The second-order valence-electron chi connectivity index (χ2n) is 7.33. The van der Waals surface area contributed by atoms with Crippen LogP contribution in [0.3, 0.4) is 0 Å². The van der Waals surface area contributed by atoms with Crippen molar-refractivity contribution >= 4 is 29.1 Å². The van der Waals surface area contributed by atoms with Crippen LogP contribution in [-0.4, -0.2) is 27.7 Å². The predicted octanol–water partition coefficient (Wildman–Crippen LogP) is 4.05. The average Bonchev–Trinajstić information content (AvgIpc) is 3.16. The molecule has 0 aliphatic heterocycles. The van der Waals surface area contributed by atoms with Crippen molar-refractivity contribution in [1.29, 1.82) is 0 Å². The van der Waals surface area contributed by atoms with Crippen LogP contribution in [0.25, 0.3) is 0 Å². The molecule has 1 aliphatic carbocycles. The summed E-state index contributed by atoms with van der Waals surface area (Å²) in [5.74, 6) is -0.428. The molecule has 0 saturated heterocycles. The van der Waals surface area contributed by atoms with Crippen LogP contribution >= 0.6 is 11.6 Å². The number of aromatic nitrogens is 2. The Morgan fingerprint density at radius 2 is 1.77 bits per heavy atom. The van der Waals surface area contributed by atoms with Gasteiger partial charge in [0.2, 0.25) is 0 Å². The summed E-state index contributed by atoms with van der Waals surface area (Å²) in [5.41, 5.74) is 0.723. The van der Waals surface area contributed by atoms with Gasteiger partial charge >= 0.3 is 5.97 Å². The van der Waals surface area contributed by atoms with Crippen molar-refractivity contribution in [1.82, 2.24) is 10.1 Å². The maximum absolute atomic E-state index is 12.9. The number of fused-ring (bicyclic) bond motifs is 2. The number of nitrogens with zero attached hydrogens (tertiary/aromatic N) is 2. The fraction of sp³-hybridized carbons (Fsp3) is 0.227. The fourth-order valence-electron chi connectivity index (χ4n) is 3.31. The van der Waals surface area contributed by atoms with E-state index in [9.17, 15) is 14.4 Å². The van der Waals surface area contributed by atoms with E-state index < -0.39 is 11.8 Å². The molecule has 30 heavy (non-hydrogen) atoms. The van der Waals surface area contributed by atoms with Crippen LogP contribution in [0, 0.1) is 5.92 Å². The van der Waals surface area contributed by atoms with E-state index in [4.69, 9.17) is 20.9 Å². The van der Waals surface area contributed by atoms with Gasteiger partial charge in [-0.15, -0.1) is 0 Å². The lowest BCUT2D eigenvalue weighted by molar-refractivity contribution is 0.0430. The zero-order valence-corrected chi connectivity index (χ0v) is 17.0. The van der Waals surface area contributed by atoms with Crippen molar-refractivity contribution in [2.24, 2.45) is 5.92 Å². The third-order valence-corrected chi connectivity index (χ3v) is 5.07. The summed E-state index contributed by atoms with van der Waals surface area (Å²) in [5, 5.41) is 3.72. The van der Waals surface area contributed by atoms with Crippen LogP contribution < -0.4 is 0 Å². The number of ether oxygens (including phenoxy) is 1. The number of hydrogen-bond donors (Lipinski definition) is 0. The summed E-state index contributed by atoms with van der Waals surface area (Å²) in [4.78, 5) is 42.3. The zero-order valence-electron chi connectivity index (χ0n) is 16.3. The smallest absolute Gasteiger partial charge is 0.340 e. The summed E-state index contributed by atoms with van der Waals surface area (Å²) in [6.07, 6.45) is 0.645. The van der Waals surface area contributed by atoms with E-state index in [1.807, 2.05) is 13.8 Å². The Morgan fingerprint density at radius 1 is 1.07 bits per heavy atom. The first-order chi connectivity index (χ1) is 14.4. The van der Waals surface area contributed by atoms with Crippen LogP contribution in [0.2, 0.25) is 5.02 Å². The predicted molar refractivity (Wildman–Crippen MR) is 107 cm³/mol. The number of ketones is 2. The Morgan fingerprint density at radius 3 is 2.47 bits per heavy atom. The number of carbonyl (C=O) groups excluding carboxylic acids is 3. The van der Waals surface area contributed by atoms with E-state index in [0.717, 1.165) is 0 Å². The van der Waals surface area contributed by atoms with Gasteiger partial charge in [0.15, 0.2) is 24.0 Å². The SMILES string of the molecule is CC(C)Cc1noc(COC(=O)c2ccc3c(c2Cl)C(=O)c2ccccc2C3=O)n1. The second-order valence-corrected chi connectivity index (χ2v) is 7.71. The molecule has 0 amide bonds. The van der Waals surface area contributed by atoms with Gasteiger partial charge in [0.25, 0.3) is 5.89 Å². The van der Waals surface area contributed by atoms with E-state index in [1.54, 1.807) is 24.3 Å². The van der Waals surface area contributed by atoms with Crippen molar-refractivity contribution in [3.63, 3.8) is 0 Å². The number of esters is 1. The molecule has 0 N–H and O–H groups in total. The molecule has 1 aliphatic rings. The van der Waals surface area contributed by atoms with E-state index in [2.05, 4.69) is 10.1 Å². The highest BCUT2D eigenvalue weighted by molar-refractivity contribution is 6.41. The molecule has 8 heteroatoms. The van der Waals surface area contributed by atoms with E-state index in [-0.39, 0.29) is 45.6 Å². The molecule has 0 atom stereocenters. The third-order valence-electron chi connectivity index (χ3n) is 4.68. The van der Waals surface area contributed by atoms with Crippen molar-refractivity contribution in [3.8, 4) is 0 Å². The molecule has 4 rings (SSSR count). The molecule has 0 bridgehead atoms. The quantitative estimate of drug-likeness (QED) is 0.445. The topological polar surface area (TPSA) is 99.4 Å². The van der Waals surface area contributed by atoms with Gasteiger partial charge < -0.3 is 9.26 Å². The van der Waals surface area contributed by atoms with Crippen LogP contribution in [0.5, 0.6) is 0 Å². The van der Waals surface area contributed by atoms with Gasteiger partial charge in [-0.3, -0.25) is 9.59 Å². The normalized spacial score (nSPS) is 12.7. The first-order valence-electron chi connectivity index (χ1n) is 9.36. The molecule has 0 unspecified atom stereocenters. The van der Waals surface area contributed by atoms with Crippen molar-refractivity contribution in [2.45, 2.75) is 26.9 Å². The van der Waals surface area contributed by atoms with Gasteiger partial charge in [-0.05, 0) is 18.1 Å². The molecule has 0 saturated carbocycles. The number of rotatable bonds is 5. The van der Waals surface area contributed by atoms with E-state index in [0.29, 0.717) is 23.7 Å². The molecule has 152 valence electrons. The van der Waals surface area contributed by atoms with Gasteiger partial charge in [-0.2, -0.15) is 4.98 Å². The third kappa shape index (κ3) is 3.52. The zero-order chi connectivity index (χ0) is 21.4. The monoisotopic (exact) mass is 424 g/mol. The summed E-state index contributed by atoms with van der Waals surface area (Å²) >= 11 is 6.37. The fourth-order valence-corrected chi connectivity index (χ4v) is 3.63. The lowest BCUT2D eigenvalue weighted by Crippen LogP contribution is -2.22. The summed E-state index contributed by atoms with van der Waals surface area (Å²) in [7, 11) is 0. The molecule has 1 aromatic heterocycles. The molecule has 0 fully saturated rings. The lowest BCUT2D eigenvalue weighted by Gasteiger charge is -2.19. The van der Waals surface area contributed by atoms with Gasteiger partial charge in [-0.25, -0.2) is 4.79 Å². The highest BCUT2D eigenvalue weighted by Crippen LogP contribution is 2.34. The number of carbonyl (C=O) groups is 3. The maximum atomic E-state index is 12.9. The summed E-state index contributed by atoms with van der Waals surface area (Å²) in [6.45, 7) is 3.82. The summed E-state index contributed by atoms with van der Waals surface area (Å²) < 4.78 is 10.3. The molecule has 0 spiro atoms. The van der Waals surface area contributed by atoms with Crippen LogP contribution in [-0.2, 0) is 17.8 Å². The Kier molecular flexibility index (Phi) is 5.22. The van der Waals surface area contributed by atoms with Gasteiger partial charge in [0.05, 0.1) is 16.1 Å². The minimum atomic E-state index is -0.759. The molecule has 0 radical (unpaired) electrons. The number of hydrogen-bond acceptors (Lipinski definition) is 7. The van der Waals surface area contributed by atoms with Crippen LogP contribution in [0.1, 0.15) is 67.8 Å². The highest BCUT2D eigenvalue weighted by atomic mass is 35.5. The molecule has 3 aromatic rings. The number of halogens is 1. The molecular formula is C22H17ClN2O5. The molecule has 7 nitrogen and oxygen atoms in total. The van der Waals surface area contributed by atoms with Crippen LogP contribution in [0.15, 0.2) is 40.9 Å². The Labute approximate surface area is 177 Å². The van der Waals surface area contributed by atoms with Gasteiger partial charge in [0.1, 0.15) is 0 Å². The Bertz CT molecular complexity index is 1180. The average molecular weight is 425 g/mol. The van der Waals surface area contributed by atoms with Crippen molar-refractivity contribution in [3.05, 3.63) is 81.0 Å². The maximum Gasteiger partial charge on any atom is 0.340 e. The van der Waals surface area contributed by atoms with Gasteiger partial charge in [-0.1, -0.05) is 54.9 Å². The minimum absolute atomic E-state index is 0.00632. The Hall–Kier alpha value is -3.32. The first kappa shape index (κ1) is 20.0. The van der Waals surface area contributed by atoms with Crippen molar-refractivity contribution < 1.29 is 23.6 Å². The second kappa shape index (κ2) is 7.84. The van der Waals surface area contributed by atoms with E-state index in [1.165, 1.54) is 12.1 Å². The Balaban J connectivity index is 1.57. The van der Waals surface area contributed by atoms with Crippen LogP contribution in [0.4, 0.5) is 0 Å². The van der Waals surface area contributed by atoms with Gasteiger partial charge in [0, 0.05) is 23.1 Å². The van der Waals surface area contributed by atoms with Crippen molar-refractivity contribution in [2.75, 3.05) is 0 Å². The highest BCUT2D eigenvalue weighted by Gasteiger charge is 2.33. The van der Waals surface area contributed by atoms with E-state index >= 15 is 0 Å². The first-order valence-corrected chi connectivity index (χ1v) is 9.74. The molecule has 1 heterocycles. The minimum Gasteiger partial charge on any atom is -0.452 e.